The molecule has 0 saturated heterocycles. The van der Waals surface area contributed by atoms with Gasteiger partial charge in [-0.15, -0.1) is 0 Å². The smallest absolute Gasteiger partial charge is 0.292 e. The van der Waals surface area contributed by atoms with Gasteiger partial charge in [-0.2, -0.15) is 0 Å². The molecule has 2 heterocycles. The Kier molecular flexibility index (Phi) is 4.81. The molecule has 10 heteroatoms. The number of hydrazine groups is 1. The lowest BCUT2D eigenvalue weighted by molar-refractivity contribution is -0.119. The zero-order valence-electron chi connectivity index (χ0n) is 15.3. The van der Waals surface area contributed by atoms with Crippen LogP contribution >= 0.6 is 11.6 Å². The number of aryl methyl sites for hydroxylation is 1. The minimum absolute atomic E-state index is 0.0341. The van der Waals surface area contributed by atoms with E-state index in [9.17, 15) is 14.4 Å². The largest absolute Gasteiger partial charge is 0.482 e. The van der Waals surface area contributed by atoms with Crippen molar-refractivity contribution in [3.63, 3.8) is 0 Å². The molecule has 2 aromatic rings. The third-order valence-corrected chi connectivity index (χ3v) is 4.61. The average molecular weight is 414 g/mol. The lowest BCUT2D eigenvalue weighted by Gasteiger charge is -2.28. The number of ether oxygens (including phenoxy) is 1. The zero-order chi connectivity index (χ0) is 20.5. The lowest BCUT2D eigenvalue weighted by atomic mass is 10.2. The summed E-state index contributed by atoms with van der Waals surface area (Å²) < 4.78 is 5.34. The molecule has 0 spiro atoms. The molecule has 0 atom stereocenters. The van der Waals surface area contributed by atoms with Gasteiger partial charge in [-0.05, 0) is 25.1 Å². The number of halogens is 1. The SMILES string of the molecule is Cc1ccc(N2NC(C(=O)Nc3cc4c(cc3Cl)NC(=O)CO4)=NCC2=O)cc1. The van der Waals surface area contributed by atoms with Crippen LogP contribution < -0.4 is 25.8 Å². The molecule has 2 aliphatic rings. The Morgan fingerprint density at radius 2 is 2.00 bits per heavy atom. The van der Waals surface area contributed by atoms with E-state index in [-0.39, 0.29) is 41.5 Å². The van der Waals surface area contributed by atoms with Crippen LogP contribution in [0, 0.1) is 6.92 Å². The third kappa shape index (κ3) is 3.85. The van der Waals surface area contributed by atoms with Crippen LogP contribution in [0.1, 0.15) is 5.56 Å². The van der Waals surface area contributed by atoms with E-state index in [0.717, 1.165) is 5.56 Å². The maximum atomic E-state index is 12.7. The summed E-state index contributed by atoms with van der Waals surface area (Å²) in [5.41, 5.74) is 5.09. The van der Waals surface area contributed by atoms with E-state index < -0.39 is 5.91 Å². The van der Waals surface area contributed by atoms with E-state index in [1.165, 1.54) is 17.1 Å². The number of carbonyl (C=O) groups is 3. The van der Waals surface area contributed by atoms with Gasteiger partial charge < -0.3 is 15.4 Å². The quantitative estimate of drug-likeness (QED) is 0.711. The van der Waals surface area contributed by atoms with Crippen LogP contribution in [0.15, 0.2) is 41.4 Å². The Hall–Kier alpha value is -3.59. The molecule has 4 rings (SSSR count). The Morgan fingerprint density at radius 1 is 1.24 bits per heavy atom. The minimum atomic E-state index is -0.573. The van der Waals surface area contributed by atoms with Gasteiger partial charge in [-0.25, -0.2) is 5.01 Å². The van der Waals surface area contributed by atoms with Gasteiger partial charge in [0.25, 0.3) is 17.7 Å². The fourth-order valence-corrected chi connectivity index (χ4v) is 3.03. The maximum Gasteiger partial charge on any atom is 0.292 e. The van der Waals surface area contributed by atoms with Gasteiger partial charge in [-0.3, -0.25) is 24.8 Å². The summed E-state index contributed by atoms with van der Waals surface area (Å²) >= 11 is 6.21. The normalized spacial score (nSPS) is 15.5. The fourth-order valence-electron chi connectivity index (χ4n) is 2.82. The third-order valence-electron chi connectivity index (χ3n) is 4.30. The maximum absolute atomic E-state index is 12.7. The van der Waals surface area contributed by atoms with Gasteiger partial charge in [0, 0.05) is 6.07 Å². The standard InChI is InChI=1S/C19H16ClN5O4/c1-10-2-4-11(5-3-10)25-17(27)8-21-18(24-25)19(28)23-13-7-15-14(6-12(13)20)22-16(26)9-29-15/h2-7H,8-9H2,1H3,(H,21,24)(H,22,26)(H,23,28). The molecule has 3 N–H and O–H groups in total. The summed E-state index contributed by atoms with van der Waals surface area (Å²) in [5.74, 6) is -0.794. The van der Waals surface area contributed by atoms with Crippen LogP contribution in [0.4, 0.5) is 17.1 Å². The van der Waals surface area contributed by atoms with Crippen molar-refractivity contribution in [1.29, 1.82) is 0 Å². The Morgan fingerprint density at radius 3 is 2.76 bits per heavy atom. The second kappa shape index (κ2) is 7.44. The van der Waals surface area contributed by atoms with Gasteiger partial charge in [0.05, 0.1) is 22.1 Å². The van der Waals surface area contributed by atoms with Crippen molar-refractivity contribution in [3.05, 3.63) is 47.0 Å². The predicted molar refractivity (Wildman–Crippen MR) is 108 cm³/mol. The van der Waals surface area contributed by atoms with Gasteiger partial charge in [0.15, 0.2) is 6.61 Å². The van der Waals surface area contributed by atoms with Gasteiger partial charge in [-0.1, -0.05) is 29.3 Å². The molecule has 0 radical (unpaired) electrons. The first-order valence-electron chi connectivity index (χ1n) is 8.69. The van der Waals surface area contributed by atoms with Crippen molar-refractivity contribution in [2.75, 3.05) is 28.8 Å². The summed E-state index contributed by atoms with van der Waals surface area (Å²) in [5, 5.41) is 6.76. The topological polar surface area (TPSA) is 112 Å². The summed E-state index contributed by atoms with van der Waals surface area (Å²) in [6, 6.07) is 10.3. The molecule has 0 aromatic heterocycles. The predicted octanol–water partition coefficient (Wildman–Crippen LogP) is 1.87. The van der Waals surface area contributed by atoms with Crippen LogP contribution in [-0.2, 0) is 14.4 Å². The number of anilines is 3. The molecule has 0 aliphatic carbocycles. The highest BCUT2D eigenvalue weighted by molar-refractivity contribution is 6.44. The number of nitrogens with one attached hydrogen (secondary N) is 3. The first kappa shape index (κ1) is 18.8. The van der Waals surface area contributed by atoms with Crippen LogP contribution in [-0.4, -0.2) is 36.7 Å². The Labute approximate surface area is 170 Å². The molecule has 2 aromatic carbocycles. The van der Waals surface area contributed by atoms with E-state index in [4.69, 9.17) is 16.3 Å². The summed E-state index contributed by atoms with van der Waals surface area (Å²) in [6.45, 7) is 1.65. The van der Waals surface area contributed by atoms with Crippen molar-refractivity contribution < 1.29 is 19.1 Å². The van der Waals surface area contributed by atoms with E-state index in [1.54, 1.807) is 12.1 Å². The van der Waals surface area contributed by atoms with Crippen molar-refractivity contribution in [1.82, 2.24) is 5.43 Å². The van der Waals surface area contributed by atoms with Crippen LogP contribution in [0.2, 0.25) is 5.02 Å². The van der Waals surface area contributed by atoms with Gasteiger partial charge in [0.2, 0.25) is 5.84 Å². The highest BCUT2D eigenvalue weighted by Crippen LogP contribution is 2.36. The molecule has 2 aliphatic heterocycles. The molecular formula is C19H16ClN5O4. The van der Waals surface area contributed by atoms with E-state index in [0.29, 0.717) is 17.1 Å². The fraction of sp³-hybridized carbons (Fsp3) is 0.158. The second-order valence-corrected chi connectivity index (χ2v) is 6.87. The second-order valence-electron chi connectivity index (χ2n) is 6.46. The number of benzene rings is 2. The monoisotopic (exact) mass is 413 g/mol. The molecular weight excluding hydrogens is 398 g/mol. The first-order valence-corrected chi connectivity index (χ1v) is 9.07. The summed E-state index contributed by atoms with van der Waals surface area (Å²) in [4.78, 5) is 40.3. The van der Waals surface area contributed by atoms with Gasteiger partial charge in [0.1, 0.15) is 12.3 Å². The molecule has 0 fully saturated rings. The highest BCUT2D eigenvalue weighted by Gasteiger charge is 2.26. The van der Waals surface area contributed by atoms with Gasteiger partial charge >= 0.3 is 0 Å². The van der Waals surface area contributed by atoms with E-state index in [1.807, 2.05) is 19.1 Å². The van der Waals surface area contributed by atoms with Crippen molar-refractivity contribution in [2.45, 2.75) is 6.92 Å². The molecule has 0 bridgehead atoms. The number of hydrogen-bond donors (Lipinski definition) is 3. The van der Waals surface area contributed by atoms with E-state index >= 15 is 0 Å². The average Bonchev–Trinajstić information content (AvgIpc) is 2.70. The van der Waals surface area contributed by atoms with Crippen molar-refractivity contribution in [2.24, 2.45) is 4.99 Å². The first-order chi connectivity index (χ1) is 13.9. The molecule has 0 unspecified atom stereocenters. The highest BCUT2D eigenvalue weighted by atomic mass is 35.5. The lowest BCUT2D eigenvalue weighted by Crippen LogP contribution is -2.54. The van der Waals surface area contributed by atoms with Crippen LogP contribution in [0.5, 0.6) is 5.75 Å². The molecule has 29 heavy (non-hydrogen) atoms. The number of rotatable bonds is 3. The molecule has 0 saturated carbocycles. The summed E-state index contributed by atoms with van der Waals surface area (Å²) in [6.07, 6.45) is 0. The number of nitrogens with zero attached hydrogens (tertiary/aromatic N) is 2. The zero-order valence-corrected chi connectivity index (χ0v) is 16.0. The molecule has 9 nitrogen and oxygen atoms in total. The number of fused-ring (bicyclic) bond motifs is 1. The van der Waals surface area contributed by atoms with Crippen LogP contribution in [0.3, 0.4) is 0 Å². The number of hydrogen-bond acceptors (Lipinski definition) is 6. The minimum Gasteiger partial charge on any atom is -0.482 e. The molecule has 3 amide bonds. The summed E-state index contributed by atoms with van der Waals surface area (Å²) in [7, 11) is 0. The van der Waals surface area contributed by atoms with Crippen molar-refractivity contribution >= 4 is 52.2 Å². The van der Waals surface area contributed by atoms with Crippen LogP contribution in [0.25, 0.3) is 0 Å². The number of aliphatic imine (C=N–C) groups is 1. The Balaban J connectivity index is 1.52. The number of amides is 3. The number of amidine groups is 1. The van der Waals surface area contributed by atoms with Crippen molar-refractivity contribution in [3.8, 4) is 5.75 Å². The van der Waals surface area contributed by atoms with E-state index in [2.05, 4.69) is 21.1 Å². The number of carbonyl (C=O) groups excluding carboxylic acids is 3. The Bertz CT molecular complexity index is 1050. The molecule has 148 valence electrons.